The first-order valence-electron chi connectivity index (χ1n) is 5.96. The van der Waals surface area contributed by atoms with Gasteiger partial charge in [-0.2, -0.15) is 0 Å². The van der Waals surface area contributed by atoms with E-state index in [1.807, 2.05) is 31.2 Å². The number of hydrogen-bond donors (Lipinski definition) is 1. The summed E-state index contributed by atoms with van der Waals surface area (Å²) in [5, 5.41) is 4.12. The lowest BCUT2D eigenvalue weighted by Gasteiger charge is -2.04. The number of carbonyl (C=O) groups excluding carboxylic acids is 1. The zero-order valence-electron chi connectivity index (χ0n) is 9.79. The van der Waals surface area contributed by atoms with Gasteiger partial charge in [0.05, 0.1) is 0 Å². The number of nitrogens with one attached hydrogen (secondary N) is 2. The molecule has 0 spiro atoms. The summed E-state index contributed by atoms with van der Waals surface area (Å²) in [6, 6.07) is 10.0. The second kappa shape index (κ2) is 3.84. The molecule has 1 aliphatic rings. The summed E-state index contributed by atoms with van der Waals surface area (Å²) < 4.78 is 0. The Balaban J connectivity index is 2.02. The number of benzene rings is 1. The minimum atomic E-state index is 0.146. The fourth-order valence-electron chi connectivity index (χ4n) is 1.99. The van der Waals surface area contributed by atoms with Gasteiger partial charge in [-0.1, -0.05) is 6.07 Å². The molecule has 17 heavy (non-hydrogen) atoms. The number of aromatic nitrogens is 1. The highest BCUT2D eigenvalue weighted by Crippen LogP contribution is 2.31. The predicted molar refractivity (Wildman–Crippen MR) is 66.6 cm³/mol. The zero-order valence-corrected chi connectivity index (χ0v) is 9.79. The largest absolute Gasteiger partial charge is 0.320 e. The number of rotatable bonds is 2. The number of aromatic amines is 1. The van der Waals surface area contributed by atoms with Crippen molar-refractivity contribution in [3.05, 3.63) is 36.0 Å². The Bertz CT molecular complexity index is 588. The lowest BCUT2D eigenvalue weighted by Crippen LogP contribution is -2.17. The molecule has 0 aliphatic heterocycles. The monoisotopic (exact) mass is 227 g/mol. The SMILES string of the molecule is Cc1ccc2cccc(NC(=O)C3CC3)c2[nH+]1. The van der Waals surface area contributed by atoms with E-state index in [4.69, 9.17) is 0 Å². The van der Waals surface area contributed by atoms with Crippen LogP contribution in [0.4, 0.5) is 5.69 Å². The third-order valence-electron chi connectivity index (χ3n) is 3.14. The number of pyridine rings is 1. The lowest BCUT2D eigenvalue weighted by atomic mass is 10.1. The first kappa shape index (κ1) is 10.3. The Labute approximate surface area is 99.9 Å². The number of H-pyrrole nitrogens is 1. The van der Waals surface area contributed by atoms with Crippen LogP contribution in [-0.2, 0) is 4.79 Å². The van der Waals surface area contributed by atoms with Gasteiger partial charge in [0, 0.05) is 24.3 Å². The van der Waals surface area contributed by atoms with Gasteiger partial charge in [-0.05, 0) is 31.0 Å². The number of hydrogen-bond acceptors (Lipinski definition) is 1. The highest BCUT2D eigenvalue weighted by Gasteiger charge is 2.30. The summed E-state index contributed by atoms with van der Waals surface area (Å²) >= 11 is 0. The van der Waals surface area contributed by atoms with E-state index in [2.05, 4.69) is 16.4 Å². The number of aryl methyl sites for hydroxylation is 1. The normalized spacial score (nSPS) is 14.9. The molecule has 1 amide bonds. The van der Waals surface area contributed by atoms with Crippen molar-refractivity contribution >= 4 is 22.5 Å². The number of amides is 1. The highest BCUT2D eigenvalue weighted by atomic mass is 16.2. The maximum absolute atomic E-state index is 11.8. The van der Waals surface area contributed by atoms with Gasteiger partial charge in [0.25, 0.3) is 0 Å². The third kappa shape index (κ3) is 2.00. The molecule has 2 N–H and O–H groups in total. The number of anilines is 1. The molecular formula is C14H15N2O+. The van der Waals surface area contributed by atoms with Crippen LogP contribution in [0.1, 0.15) is 18.5 Å². The second-order valence-electron chi connectivity index (χ2n) is 4.67. The summed E-state index contributed by atoms with van der Waals surface area (Å²) in [4.78, 5) is 15.1. The zero-order chi connectivity index (χ0) is 11.8. The van der Waals surface area contributed by atoms with Crippen molar-refractivity contribution in [3.63, 3.8) is 0 Å². The van der Waals surface area contributed by atoms with Crippen molar-refractivity contribution in [1.29, 1.82) is 0 Å². The summed E-state index contributed by atoms with van der Waals surface area (Å²) in [6.45, 7) is 2.01. The highest BCUT2D eigenvalue weighted by molar-refractivity contribution is 6.00. The Morgan fingerprint density at radius 2 is 2.12 bits per heavy atom. The first-order valence-corrected chi connectivity index (χ1v) is 5.96. The van der Waals surface area contributed by atoms with Crippen LogP contribution in [0.5, 0.6) is 0 Å². The predicted octanol–water partition coefficient (Wildman–Crippen LogP) is 2.31. The molecule has 1 aromatic carbocycles. The molecule has 0 atom stereocenters. The van der Waals surface area contributed by atoms with Crippen LogP contribution >= 0.6 is 0 Å². The Morgan fingerprint density at radius 3 is 2.88 bits per heavy atom. The molecule has 86 valence electrons. The molecule has 0 bridgehead atoms. The Hall–Kier alpha value is -1.90. The molecule has 3 rings (SSSR count). The van der Waals surface area contributed by atoms with Gasteiger partial charge in [0.15, 0.2) is 5.69 Å². The van der Waals surface area contributed by atoms with Crippen LogP contribution in [0, 0.1) is 12.8 Å². The maximum atomic E-state index is 11.8. The minimum Gasteiger partial charge on any atom is -0.320 e. The third-order valence-corrected chi connectivity index (χ3v) is 3.14. The quantitative estimate of drug-likeness (QED) is 0.840. The summed E-state index contributed by atoms with van der Waals surface area (Å²) in [5.74, 6) is 0.377. The van der Waals surface area contributed by atoms with Gasteiger partial charge < -0.3 is 5.32 Å². The maximum Gasteiger partial charge on any atom is 0.234 e. The van der Waals surface area contributed by atoms with Gasteiger partial charge in [0.1, 0.15) is 5.69 Å². The van der Waals surface area contributed by atoms with Crippen molar-refractivity contribution in [3.8, 4) is 0 Å². The minimum absolute atomic E-state index is 0.146. The van der Waals surface area contributed by atoms with Gasteiger partial charge in [-0.3, -0.25) is 4.79 Å². The van der Waals surface area contributed by atoms with Gasteiger partial charge in [-0.15, -0.1) is 0 Å². The van der Waals surface area contributed by atoms with Crippen LogP contribution in [0.25, 0.3) is 10.9 Å². The molecule has 0 saturated heterocycles. The second-order valence-corrected chi connectivity index (χ2v) is 4.67. The van der Waals surface area contributed by atoms with E-state index >= 15 is 0 Å². The van der Waals surface area contributed by atoms with Crippen LogP contribution < -0.4 is 10.3 Å². The van der Waals surface area contributed by atoms with Gasteiger partial charge in [-0.25, -0.2) is 4.98 Å². The van der Waals surface area contributed by atoms with Crippen molar-refractivity contribution in [2.24, 2.45) is 5.92 Å². The molecule has 1 heterocycles. The van der Waals surface area contributed by atoms with Crippen LogP contribution in [-0.4, -0.2) is 5.91 Å². The fourth-order valence-corrected chi connectivity index (χ4v) is 1.99. The average molecular weight is 227 g/mol. The van der Waals surface area contributed by atoms with Crippen LogP contribution in [0.3, 0.4) is 0 Å². The molecule has 0 unspecified atom stereocenters. The van der Waals surface area contributed by atoms with Crippen molar-refractivity contribution in [2.45, 2.75) is 19.8 Å². The molecule has 1 aromatic heterocycles. The van der Waals surface area contributed by atoms with E-state index < -0.39 is 0 Å². The van der Waals surface area contributed by atoms with Gasteiger partial charge in [0.2, 0.25) is 11.4 Å². The molecule has 1 saturated carbocycles. The average Bonchev–Trinajstić information content (AvgIpc) is 3.13. The molecule has 0 radical (unpaired) electrons. The number of fused-ring (bicyclic) bond motifs is 1. The molecule has 3 heteroatoms. The molecule has 1 aliphatic carbocycles. The standard InChI is InChI=1S/C14H14N2O/c1-9-5-6-10-3-2-4-12(13(10)15-9)16-14(17)11-7-8-11/h2-6,11H,7-8H2,1H3,(H,16,17)/p+1. The Kier molecular flexibility index (Phi) is 2.32. The fraction of sp³-hybridized carbons (Fsp3) is 0.286. The van der Waals surface area contributed by atoms with Crippen LogP contribution in [0.15, 0.2) is 30.3 Å². The van der Waals surface area contributed by atoms with Crippen LogP contribution in [0.2, 0.25) is 0 Å². The Morgan fingerprint density at radius 1 is 1.29 bits per heavy atom. The van der Waals surface area contributed by atoms with Gasteiger partial charge >= 0.3 is 0 Å². The number of carbonyl (C=O) groups is 1. The topological polar surface area (TPSA) is 43.2 Å². The van der Waals surface area contributed by atoms with E-state index in [0.29, 0.717) is 0 Å². The smallest absolute Gasteiger partial charge is 0.234 e. The van der Waals surface area contributed by atoms with E-state index in [1.54, 1.807) is 0 Å². The molecular weight excluding hydrogens is 212 g/mol. The van der Waals surface area contributed by atoms with Crippen molar-refractivity contribution in [1.82, 2.24) is 0 Å². The van der Waals surface area contributed by atoms with E-state index in [-0.39, 0.29) is 11.8 Å². The van der Waals surface area contributed by atoms with Crippen molar-refractivity contribution in [2.75, 3.05) is 5.32 Å². The summed E-state index contributed by atoms with van der Waals surface area (Å²) in [6.07, 6.45) is 2.05. The van der Waals surface area contributed by atoms with E-state index in [1.165, 1.54) is 0 Å². The first-order chi connectivity index (χ1) is 8.24. The number of para-hydroxylation sites is 1. The molecule has 3 nitrogen and oxygen atoms in total. The van der Waals surface area contributed by atoms with E-state index in [9.17, 15) is 4.79 Å². The summed E-state index contributed by atoms with van der Waals surface area (Å²) in [5.41, 5.74) is 2.97. The molecule has 2 aromatic rings. The van der Waals surface area contributed by atoms with Crippen molar-refractivity contribution < 1.29 is 9.78 Å². The molecule has 1 fully saturated rings. The summed E-state index contributed by atoms with van der Waals surface area (Å²) in [7, 11) is 0. The van der Waals surface area contributed by atoms with E-state index in [0.717, 1.165) is 35.1 Å². The lowest BCUT2D eigenvalue weighted by molar-refractivity contribution is -0.354.